The van der Waals surface area contributed by atoms with Gasteiger partial charge in [-0.05, 0) is 49.3 Å². The van der Waals surface area contributed by atoms with E-state index in [2.05, 4.69) is 10.0 Å². The zero-order valence-corrected chi connectivity index (χ0v) is 12.0. The third-order valence-corrected chi connectivity index (χ3v) is 5.17. The van der Waals surface area contributed by atoms with Crippen molar-refractivity contribution in [2.24, 2.45) is 5.92 Å². The van der Waals surface area contributed by atoms with Gasteiger partial charge in [-0.3, -0.25) is 0 Å². The van der Waals surface area contributed by atoms with Crippen LogP contribution in [0.25, 0.3) is 0 Å². The van der Waals surface area contributed by atoms with E-state index in [9.17, 15) is 12.8 Å². The van der Waals surface area contributed by atoms with Crippen LogP contribution in [0.4, 0.5) is 4.39 Å². The number of halogens is 1. The molecule has 2 N–H and O–H groups in total. The number of benzene rings is 1. The maximum atomic E-state index is 14.0. The zero-order chi connectivity index (χ0) is 14.2. The maximum Gasteiger partial charge on any atom is 0.243 e. The molecular weight excluding hydrogens is 279 g/mol. The van der Waals surface area contributed by atoms with E-state index in [1.165, 1.54) is 25.0 Å². The van der Waals surface area contributed by atoms with Gasteiger partial charge in [-0.15, -0.1) is 0 Å². The van der Waals surface area contributed by atoms with Gasteiger partial charge in [0.05, 0.1) is 0 Å². The molecule has 0 aliphatic heterocycles. The Labute approximate surface area is 118 Å². The lowest BCUT2D eigenvalue weighted by Crippen LogP contribution is -2.26. The number of nitrogens with one attached hydrogen (secondary N) is 2. The summed E-state index contributed by atoms with van der Waals surface area (Å²) in [5.41, 5.74) is 0.774. The molecule has 0 saturated heterocycles. The summed E-state index contributed by atoms with van der Waals surface area (Å²) in [5, 5.41) is 3.27. The van der Waals surface area contributed by atoms with E-state index in [1.54, 1.807) is 6.07 Å². The van der Waals surface area contributed by atoms with Crippen molar-refractivity contribution in [3.05, 3.63) is 29.6 Å². The molecular formula is C14H19FN2O2S. The van der Waals surface area contributed by atoms with E-state index in [0.717, 1.165) is 18.4 Å². The monoisotopic (exact) mass is 298 g/mol. The van der Waals surface area contributed by atoms with Crippen LogP contribution in [0, 0.1) is 11.7 Å². The maximum absolute atomic E-state index is 14.0. The van der Waals surface area contributed by atoms with Crippen molar-refractivity contribution in [2.75, 3.05) is 6.54 Å². The smallest absolute Gasteiger partial charge is 0.243 e. The van der Waals surface area contributed by atoms with Crippen molar-refractivity contribution in [3.63, 3.8) is 0 Å². The quantitative estimate of drug-likeness (QED) is 0.806. The second-order valence-corrected chi connectivity index (χ2v) is 7.45. The number of hydrogen-bond acceptors (Lipinski definition) is 3. The molecule has 4 nitrogen and oxygen atoms in total. The van der Waals surface area contributed by atoms with Crippen molar-refractivity contribution in [1.29, 1.82) is 0 Å². The summed E-state index contributed by atoms with van der Waals surface area (Å²) in [7, 11) is -3.73. The number of sulfonamides is 1. The Morgan fingerprint density at radius 3 is 2.55 bits per heavy atom. The van der Waals surface area contributed by atoms with E-state index < -0.39 is 15.8 Å². The minimum Gasteiger partial charge on any atom is -0.310 e. The molecule has 2 saturated carbocycles. The Morgan fingerprint density at radius 2 is 1.95 bits per heavy atom. The van der Waals surface area contributed by atoms with Crippen LogP contribution >= 0.6 is 0 Å². The minimum atomic E-state index is -3.73. The van der Waals surface area contributed by atoms with Gasteiger partial charge in [-0.25, -0.2) is 17.5 Å². The van der Waals surface area contributed by atoms with Gasteiger partial charge < -0.3 is 5.32 Å². The van der Waals surface area contributed by atoms with Gasteiger partial charge in [0.1, 0.15) is 10.7 Å². The molecule has 2 fully saturated rings. The summed E-state index contributed by atoms with van der Waals surface area (Å²) in [6, 6.07) is 4.88. The van der Waals surface area contributed by atoms with Crippen LogP contribution in [0.2, 0.25) is 0 Å². The SMILES string of the molecule is O=S(=O)(NCC1CC1)c1ccc(CNC2CC2)cc1F. The average Bonchev–Trinajstić information content (AvgIpc) is 3.27. The fourth-order valence-corrected chi connectivity index (χ4v) is 3.22. The predicted molar refractivity (Wildman–Crippen MR) is 74.2 cm³/mol. The Hall–Kier alpha value is -0.980. The predicted octanol–water partition coefficient (Wildman–Crippen LogP) is 1.77. The standard InChI is InChI=1S/C14H19FN2O2S/c15-13-7-11(8-16-12-4-5-12)3-6-14(13)20(18,19)17-9-10-1-2-10/h3,6-7,10,12,16-17H,1-2,4-5,8-9H2. The second kappa shape index (κ2) is 5.42. The Bertz CT molecular complexity index is 595. The first-order chi connectivity index (χ1) is 9.54. The highest BCUT2D eigenvalue weighted by Crippen LogP contribution is 2.28. The van der Waals surface area contributed by atoms with Gasteiger partial charge in [0.15, 0.2) is 0 Å². The van der Waals surface area contributed by atoms with Crippen LogP contribution in [0.15, 0.2) is 23.1 Å². The summed E-state index contributed by atoms with van der Waals surface area (Å²) >= 11 is 0. The third-order valence-electron chi connectivity index (χ3n) is 3.72. The van der Waals surface area contributed by atoms with Gasteiger partial charge >= 0.3 is 0 Å². The first kappa shape index (κ1) is 14.0. The van der Waals surface area contributed by atoms with Crippen molar-refractivity contribution < 1.29 is 12.8 Å². The molecule has 2 aliphatic carbocycles. The van der Waals surface area contributed by atoms with E-state index in [0.29, 0.717) is 25.0 Å². The molecule has 6 heteroatoms. The van der Waals surface area contributed by atoms with Gasteiger partial charge in [0.2, 0.25) is 10.0 Å². The van der Waals surface area contributed by atoms with Crippen LogP contribution in [0.1, 0.15) is 31.2 Å². The number of rotatable bonds is 7. The van der Waals surface area contributed by atoms with Crippen molar-refractivity contribution >= 4 is 10.0 Å². The van der Waals surface area contributed by atoms with E-state index in [-0.39, 0.29) is 4.90 Å². The largest absolute Gasteiger partial charge is 0.310 e. The molecule has 0 amide bonds. The first-order valence-electron chi connectivity index (χ1n) is 7.06. The third kappa shape index (κ3) is 3.56. The zero-order valence-electron chi connectivity index (χ0n) is 11.2. The van der Waals surface area contributed by atoms with Crippen molar-refractivity contribution in [1.82, 2.24) is 10.0 Å². The van der Waals surface area contributed by atoms with Crippen molar-refractivity contribution in [3.8, 4) is 0 Å². The molecule has 3 rings (SSSR count). The molecule has 1 aromatic rings. The lowest BCUT2D eigenvalue weighted by atomic mass is 10.2. The Kier molecular flexibility index (Phi) is 3.79. The highest BCUT2D eigenvalue weighted by Gasteiger charge is 2.26. The topological polar surface area (TPSA) is 58.2 Å². The van der Waals surface area contributed by atoms with Gasteiger partial charge in [0.25, 0.3) is 0 Å². The molecule has 110 valence electrons. The van der Waals surface area contributed by atoms with Gasteiger partial charge in [0, 0.05) is 19.1 Å². The summed E-state index contributed by atoms with van der Waals surface area (Å²) < 4.78 is 40.5. The summed E-state index contributed by atoms with van der Waals surface area (Å²) in [5.74, 6) is -0.252. The lowest BCUT2D eigenvalue weighted by Gasteiger charge is -2.09. The summed E-state index contributed by atoms with van der Waals surface area (Å²) in [6.45, 7) is 0.990. The first-order valence-corrected chi connectivity index (χ1v) is 8.54. The van der Waals surface area contributed by atoms with Crippen molar-refractivity contribution in [2.45, 2.75) is 43.2 Å². The molecule has 0 bridgehead atoms. The minimum absolute atomic E-state index is 0.256. The van der Waals surface area contributed by atoms with E-state index in [1.807, 2.05) is 0 Å². The highest BCUT2D eigenvalue weighted by molar-refractivity contribution is 7.89. The molecule has 0 spiro atoms. The molecule has 2 aliphatic rings. The molecule has 20 heavy (non-hydrogen) atoms. The summed E-state index contributed by atoms with van der Waals surface area (Å²) in [6.07, 6.45) is 4.44. The average molecular weight is 298 g/mol. The molecule has 0 unspecified atom stereocenters. The van der Waals surface area contributed by atoms with Crippen LogP contribution in [-0.2, 0) is 16.6 Å². The van der Waals surface area contributed by atoms with E-state index in [4.69, 9.17) is 0 Å². The molecule has 1 aromatic carbocycles. The fourth-order valence-electron chi connectivity index (χ4n) is 2.05. The molecule has 0 radical (unpaired) electrons. The normalized spacial score (nSPS) is 19.2. The van der Waals surface area contributed by atoms with Crippen LogP contribution in [0.3, 0.4) is 0 Å². The highest BCUT2D eigenvalue weighted by atomic mass is 32.2. The Balaban J connectivity index is 1.67. The van der Waals surface area contributed by atoms with Gasteiger partial charge in [-0.1, -0.05) is 6.07 Å². The van der Waals surface area contributed by atoms with Gasteiger partial charge in [-0.2, -0.15) is 0 Å². The molecule has 0 heterocycles. The number of hydrogen-bond donors (Lipinski definition) is 2. The van der Waals surface area contributed by atoms with Crippen LogP contribution < -0.4 is 10.0 Å². The Morgan fingerprint density at radius 1 is 1.20 bits per heavy atom. The summed E-state index contributed by atoms with van der Waals surface area (Å²) in [4.78, 5) is -0.256. The fraction of sp³-hybridized carbons (Fsp3) is 0.571. The lowest BCUT2D eigenvalue weighted by molar-refractivity contribution is 0.552. The molecule has 0 atom stereocenters. The van der Waals surface area contributed by atoms with E-state index >= 15 is 0 Å². The second-order valence-electron chi connectivity index (χ2n) is 5.72. The van der Waals surface area contributed by atoms with Crippen LogP contribution in [-0.4, -0.2) is 21.0 Å². The van der Waals surface area contributed by atoms with Crippen LogP contribution in [0.5, 0.6) is 0 Å². The molecule has 0 aromatic heterocycles.